The van der Waals surface area contributed by atoms with Crippen molar-refractivity contribution in [2.45, 2.75) is 17.9 Å². The van der Waals surface area contributed by atoms with Crippen LogP contribution in [-0.4, -0.2) is 52.6 Å². The van der Waals surface area contributed by atoms with E-state index in [0.29, 0.717) is 37.0 Å². The molecular weight excluding hydrogens is 484 g/mol. The fourth-order valence-corrected chi connectivity index (χ4v) is 5.53. The molecule has 2 aromatic carbocycles. The van der Waals surface area contributed by atoms with Crippen molar-refractivity contribution in [2.24, 2.45) is 5.73 Å². The van der Waals surface area contributed by atoms with Crippen LogP contribution in [0.25, 0.3) is 22.0 Å². The molecule has 0 spiro atoms. The van der Waals surface area contributed by atoms with Gasteiger partial charge in [-0.1, -0.05) is 17.7 Å². The molecule has 3 heterocycles. The van der Waals surface area contributed by atoms with E-state index in [2.05, 4.69) is 27.3 Å². The van der Waals surface area contributed by atoms with Gasteiger partial charge in [0, 0.05) is 41.4 Å². The maximum absolute atomic E-state index is 12.1. The van der Waals surface area contributed by atoms with Gasteiger partial charge in [-0.15, -0.1) is 0 Å². The van der Waals surface area contributed by atoms with Crippen molar-refractivity contribution < 1.29 is 14.3 Å². The number of pyridine rings is 1. The Labute approximate surface area is 212 Å². The second-order valence-corrected chi connectivity index (χ2v) is 9.92. The number of hydrogen-bond acceptors (Lipinski definition) is 6. The summed E-state index contributed by atoms with van der Waals surface area (Å²) in [5, 5.41) is 1.48. The highest BCUT2D eigenvalue weighted by atomic mass is 35.5. The van der Waals surface area contributed by atoms with E-state index in [0.717, 1.165) is 38.2 Å². The van der Waals surface area contributed by atoms with E-state index in [4.69, 9.17) is 26.8 Å². The Kier molecular flexibility index (Phi) is 6.97. The van der Waals surface area contributed by atoms with Crippen LogP contribution in [0.2, 0.25) is 5.02 Å². The third kappa shape index (κ3) is 5.31. The molecule has 0 radical (unpaired) electrons. The monoisotopic (exact) mass is 508 g/mol. The predicted molar refractivity (Wildman–Crippen MR) is 139 cm³/mol. The number of morpholine rings is 1. The molecule has 0 bridgehead atoms. The van der Waals surface area contributed by atoms with Gasteiger partial charge in [-0.3, -0.25) is 9.78 Å². The number of rotatable bonds is 7. The number of nitrogens with zero attached hydrogens (tertiary/aromatic N) is 2. The fourth-order valence-electron chi connectivity index (χ4n) is 4.18. The lowest BCUT2D eigenvalue weighted by molar-refractivity contribution is -0.0224. The molecule has 1 aliphatic heterocycles. The van der Waals surface area contributed by atoms with Crippen LogP contribution >= 0.6 is 23.5 Å². The van der Waals surface area contributed by atoms with Crippen molar-refractivity contribution in [1.82, 2.24) is 14.3 Å². The molecule has 4 aromatic rings. The van der Waals surface area contributed by atoms with Crippen LogP contribution < -0.4 is 10.5 Å². The molecule has 1 unspecified atom stereocenters. The molecule has 1 aliphatic rings. The largest absolute Gasteiger partial charge is 0.491 e. The average Bonchev–Trinajstić information content (AvgIpc) is 3.21. The van der Waals surface area contributed by atoms with E-state index in [1.807, 2.05) is 36.4 Å². The molecule has 2 aromatic heterocycles. The quantitative estimate of drug-likeness (QED) is 0.338. The van der Waals surface area contributed by atoms with E-state index in [1.54, 1.807) is 18.5 Å². The lowest BCUT2D eigenvalue weighted by atomic mass is 10.0. The average molecular weight is 509 g/mol. The summed E-state index contributed by atoms with van der Waals surface area (Å²) < 4.78 is 14.2. The van der Waals surface area contributed by atoms with Gasteiger partial charge in [-0.25, -0.2) is 4.31 Å². The summed E-state index contributed by atoms with van der Waals surface area (Å²) in [4.78, 5) is 20.0. The first-order valence-corrected chi connectivity index (χ1v) is 12.4. The van der Waals surface area contributed by atoms with E-state index in [9.17, 15) is 4.79 Å². The zero-order chi connectivity index (χ0) is 24.4. The molecule has 5 rings (SSSR count). The Morgan fingerprint density at radius 1 is 1.26 bits per heavy atom. The van der Waals surface area contributed by atoms with E-state index < -0.39 is 5.91 Å². The normalized spacial score (nSPS) is 16.5. The minimum absolute atomic E-state index is 0.109. The van der Waals surface area contributed by atoms with Crippen LogP contribution in [0, 0.1) is 6.92 Å². The van der Waals surface area contributed by atoms with Gasteiger partial charge in [0.1, 0.15) is 24.2 Å². The number of nitrogens with one attached hydrogen (secondary N) is 1. The Bertz CT molecular complexity index is 1360. The number of benzene rings is 2. The molecule has 1 fully saturated rings. The van der Waals surface area contributed by atoms with Crippen molar-refractivity contribution in [2.75, 3.05) is 26.3 Å². The molecule has 3 N–H and O–H groups in total. The van der Waals surface area contributed by atoms with Crippen LogP contribution in [0.4, 0.5) is 0 Å². The second-order valence-electron chi connectivity index (χ2n) is 8.38. The van der Waals surface area contributed by atoms with Gasteiger partial charge in [-0.2, -0.15) is 0 Å². The van der Waals surface area contributed by atoms with Crippen molar-refractivity contribution in [3.8, 4) is 16.9 Å². The number of aromatic amines is 1. The fraction of sp³-hybridized carbons (Fsp3) is 0.231. The molecule has 9 heteroatoms. The molecule has 7 nitrogen and oxygen atoms in total. The predicted octanol–water partition coefficient (Wildman–Crippen LogP) is 5.08. The molecule has 0 saturated carbocycles. The summed E-state index contributed by atoms with van der Waals surface area (Å²) in [6, 6.07) is 15.6. The first-order valence-electron chi connectivity index (χ1n) is 11.3. The van der Waals surface area contributed by atoms with Gasteiger partial charge in [-0.05, 0) is 78.0 Å². The number of H-pyrrole nitrogens is 1. The summed E-state index contributed by atoms with van der Waals surface area (Å²) in [5.41, 5.74) is 10.3. The Balaban J connectivity index is 1.25. The maximum Gasteiger partial charge on any atom is 0.266 e. The minimum atomic E-state index is -0.501. The number of ether oxygens (including phenoxy) is 2. The molecule has 1 atom stereocenters. The topological polar surface area (TPSA) is 93.5 Å². The third-order valence-corrected chi connectivity index (χ3v) is 7.34. The van der Waals surface area contributed by atoms with Crippen LogP contribution in [0.3, 0.4) is 0 Å². The van der Waals surface area contributed by atoms with Crippen LogP contribution in [0.5, 0.6) is 5.75 Å². The van der Waals surface area contributed by atoms with Gasteiger partial charge in [0.05, 0.1) is 11.5 Å². The lowest BCUT2D eigenvalue weighted by Gasteiger charge is -2.31. The zero-order valence-corrected chi connectivity index (χ0v) is 20.7. The van der Waals surface area contributed by atoms with Gasteiger partial charge in [0.2, 0.25) is 0 Å². The number of amides is 1. The third-order valence-electron chi connectivity index (χ3n) is 5.91. The van der Waals surface area contributed by atoms with Crippen molar-refractivity contribution >= 4 is 40.4 Å². The van der Waals surface area contributed by atoms with Gasteiger partial charge < -0.3 is 20.2 Å². The smallest absolute Gasteiger partial charge is 0.266 e. The molecule has 35 heavy (non-hydrogen) atoms. The number of fused-ring (bicyclic) bond motifs is 1. The number of hydrogen-bond donors (Lipinski definition) is 2. The Morgan fingerprint density at radius 2 is 2.09 bits per heavy atom. The molecular formula is C26H25ClN4O3S. The Morgan fingerprint density at radius 3 is 2.86 bits per heavy atom. The van der Waals surface area contributed by atoms with Gasteiger partial charge >= 0.3 is 0 Å². The molecule has 1 amide bonds. The van der Waals surface area contributed by atoms with Crippen molar-refractivity contribution in [3.63, 3.8) is 0 Å². The number of aryl methyl sites for hydroxylation is 1. The van der Waals surface area contributed by atoms with Crippen LogP contribution in [0.15, 0.2) is 65.8 Å². The summed E-state index contributed by atoms with van der Waals surface area (Å²) >= 11 is 7.70. The minimum Gasteiger partial charge on any atom is -0.491 e. The van der Waals surface area contributed by atoms with Gasteiger partial charge in [0.25, 0.3) is 5.91 Å². The van der Waals surface area contributed by atoms with Crippen molar-refractivity contribution in [1.29, 1.82) is 0 Å². The van der Waals surface area contributed by atoms with Crippen molar-refractivity contribution in [3.05, 3.63) is 77.2 Å². The maximum atomic E-state index is 12.1. The number of halogens is 1. The first kappa shape index (κ1) is 23.7. The number of carbonyl (C=O) groups excluding carboxylic acids is 1. The molecule has 1 saturated heterocycles. The summed E-state index contributed by atoms with van der Waals surface area (Å²) in [6.07, 6.45) is 3.48. The van der Waals surface area contributed by atoms with E-state index in [1.165, 1.54) is 11.9 Å². The summed E-state index contributed by atoms with van der Waals surface area (Å²) in [6.45, 7) is 4.42. The number of carbonyl (C=O) groups is 1. The second kappa shape index (κ2) is 10.3. The molecule has 0 aliphatic carbocycles. The highest BCUT2D eigenvalue weighted by Crippen LogP contribution is 2.36. The standard InChI is InChI=1S/C26H25ClN4O3S/c1-16-12-19(3-4-21(16)17-6-8-29-9-7-17)34-15-20-14-31(10-11-33-20)35-25-22-13-18(27)2-5-23(22)30-24(25)26(28)32/h2-9,12-13,20,30H,10-11,14-15H2,1H3,(H2,28,32). The number of aromatic nitrogens is 2. The SMILES string of the molecule is Cc1cc(OCC2CN(Sc3c(C(N)=O)[nH]c4ccc(Cl)cc34)CCO2)ccc1-c1ccncc1. The van der Waals surface area contributed by atoms with Crippen LogP contribution in [0.1, 0.15) is 16.1 Å². The summed E-state index contributed by atoms with van der Waals surface area (Å²) in [5.74, 6) is 0.300. The number of primary amides is 1. The van der Waals surface area contributed by atoms with E-state index >= 15 is 0 Å². The number of nitrogens with two attached hydrogens (primary N) is 1. The van der Waals surface area contributed by atoms with E-state index in [-0.39, 0.29) is 6.10 Å². The van der Waals surface area contributed by atoms with Gasteiger partial charge in [0.15, 0.2) is 0 Å². The highest BCUT2D eigenvalue weighted by molar-refractivity contribution is 7.97. The summed E-state index contributed by atoms with van der Waals surface area (Å²) in [7, 11) is 0. The first-order chi connectivity index (χ1) is 17.0. The zero-order valence-electron chi connectivity index (χ0n) is 19.2. The Hall–Kier alpha value is -3.04. The highest BCUT2D eigenvalue weighted by Gasteiger charge is 2.25. The molecule has 180 valence electrons. The van der Waals surface area contributed by atoms with Crippen LogP contribution in [-0.2, 0) is 4.74 Å². The lowest BCUT2D eigenvalue weighted by Crippen LogP contribution is -2.41.